The lowest BCUT2D eigenvalue weighted by Crippen LogP contribution is -2.41. The van der Waals surface area contributed by atoms with E-state index in [0.717, 1.165) is 28.8 Å². The Bertz CT molecular complexity index is 1790. The van der Waals surface area contributed by atoms with Gasteiger partial charge in [-0.2, -0.15) is 5.11 Å². The molecule has 1 fully saturated rings. The Morgan fingerprint density at radius 3 is 2.47 bits per heavy atom. The second kappa shape index (κ2) is 22.2. The van der Waals surface area contributed by atoms with Crippen LogP contribution in [0.1, 0.15) is 114 Å². The Labute approximate surface area is 348 Å². The van der Waals surface area contributed by atoms with Crippen LogP contribution >= 0.6 is 7.82 Å². The van der Waals surface area contributed by atoms with Crippen LogP contribution in [0.15, 0.2) is 58.9 Å². The number of carboxylic acid groups (broad SMARTS) is 1. The summed E-state index contributed by atoms with van der Waals surface area (Å²) >= 11 is 0. The van der Waals surface area contributed by atoms with Crippen LogP contribution in [0.5, 0.6) is 0 Å². The number of ether oxygens (including phenoxy) is 2. The van der Waals surface area contributed by atoms with Gasteiger partial charge in [0.25, 0.3) is 0 Å². The quantitative estimate of drug-likeness (QED) is 0.0588. The molecule has 3 aliphatic heterocycles. The minimum absolute atomic E-state index is 0.0181. The van der Waals surface area contributed by atoms with E-state index in [1.54, 1.807) is 4.90 Å². The lowest BCUT2D eigenvalue weighted by atomic mass is 9.87. The van der Waals surface area contributed by atoms with Crippen LogP contribution in [0, 0.1) is 0 Å². The fourth-order valence-corrected chi connectivity index (χ4v) is 8.63. The standard InChI is InChI=1S/C41H60BN6O10P/c1-27(2)44-32(41(51)52)17-13-22-48-40-30-15-8-7-14-29(30)25-47(33-18-10-9-16-31(33)39(40)45-46-48)38(50)20-19-37(49)43-21-11-5-6-12-23-56-59(53,54)58-34-24-36(42)57-35(34)26-55-28(3)4/h7-10,14-16,18,27-28,32,34-36,39-40,44H,5-6,11-13,17,19-26H2,1-4H3,(H,43,49)(H,51,52)(H,53,54)/t32?,34?,35-,36-,39?,40?/m1/s1. The van der Waals surface area contributed by atoms with Crippen molar-refractivity contribution < 1.29 is 47.5 Å². The highest BCUT2D eigenvalue weighted by molar-refractivity contribution is 7.47. The predicted octanol–water partition coefficient (Wildman–Crippen LogP) is 5.90. The number of carboxylic acids is 1. The van der Waals surface area contributed by atoms with Gasteiger partial charge in [0, 0.05) is 49.2 Å². The SMILES string of the molecule is [B][C@H]1CC(OP(=O)(O)OCCCCCCNC(=O)CCC(=O)N2Cc3ccccc3C3C(N=NN3CCCC(NC(C)C)C(=O)O)c3ccccc32)[C@@H](COC(C)C)O1. The predicted molar refractivity (Wildman–Crippen MR) is 222 cm³/mol. The first kappa shape index (κ1) is 46.4. The fraction of sp³-hybridized carbons (Fsp3) is 0.634. The largest absolute Gasteiger partial charge is 0.480 e. The van der Waals surface area contributed by atoms with Crippen LogP contribution < -0.4 is 15.5 Å². The zero-order chi connectivity index (χ0) is 42.5. The number of fused-ring (bicyclic) bond motifs is 5. The number of hydrogen-bond donors (Lipinski definition) is 4. The number of amides is 2. The number of phosphoric acid groups is 1. The molecule has 5 rings (SSSR count). The average Bonchev–Trinajstić information content (AvgIpc) is 3.76. The Morgan fingerprint density at radius 1 is 1.00 bits per heavy atom. The molecule has 0 aliphatic carbocycles. The van der Waals surface area contributed by atoms with Gasteiger partial charge in [-0.1, -0.05) is 74.4 Å². The number of nitrogens with one attached hydrogen (secondary N) is 2. The first-order chi connectivity index (χ1) is 28.2. The van der Waals surface area contributed by atoms with Gasteiger partial charge in [-0.15, -0.1) is 0 Å². The van der Waals surface area contributed by atoms with E-state index in [2.05, 4.69) is 15.9 Å². The number of anilines is 1. The summed E-state index contributed by atoms with van der Waals surface area (Å²) in [7, 11) is 1.54. The third kappa shape index (κ3) is 13.7. The molecule has 16 nitrogen and oxygen atoms in total. The van der Waals surface area contributed by atoms with Crippen molar-refractivity contribution in [1.82, 2.24) is 15.6 Å². The van der Waals surface area contributed by atoms with Crippen molar-refractivity contribution in [3.8, 4) is 0 Å². The van der Waals surface area contributed by atoms with Gasteiger partial charge in [-0.3, -0.25) is 28.4 Å². The molecule has 0 saturated carbocycles. The molecule has 2 aromatic carbocycles. The number of rotatable bonds is 23. The molecule has 322 valence electrons. The highest BCUT2D eigenvalue weighted by atomic mass is 31.2. The summed E-state index contributed by atoms with van der Waals surface area (Å²) in [5, 5.41) is 27.0. The lowest BCUT2D eigenvalue weighted by molar-refractivity contribution is -0.140. The van der Waals surface area contributed by atoms with Crippen LogP contribution in [0.4, 0.5) is 5.69 Å². The molecule has 2 aromatic rings. The van der Waals surface area contributed by atoms with Gasteiger partial charge >= 0.3 is 13.8 Å². The van der Waals surface area contributed by atoms with Crippen LogP contribution in [-0.4, -0.2) is 103 Å². The number of nitrogens with zero attached hydrogens (tertiary/aromatic N) is 4. The van der Waals surface area contributed by atoms with Crippen molar-refractivity contribution in [2.45, 2.75) is 141 Å². The van der Waals surface area contributed by atoms with Crippen LogP contribution in [0.25, 0.3) is 0 Å². The van der Waals surface area contributed by atoms with Crippen molar-refractivity contribution in [2.24, 2.45) is 10.3 Å². The normalized spacial score (nSPS) is 22.7. The van der Waals surface area contributed by atoms with E-state index < -0.39 is 44.1 Å². The van der Waals surface area contributed by atoms with Gasteiger partial charge in [0.2, 0.25) is 11.8 Å². The molecule has 7 atom stereocenters. The van der Waals surface area contributed by atoms with Crippen molar-refractivity contribution in [3.63, 3.8) is 0 Å². The van der Waals surface area contributed by atoms with Gasteiger partial charge in [-0.25, -0.2) is 4.57 Å². The summed E-state index contributed by atoms with van der Waals surface area (Å²) in [4.78, 5) is 50.6. The van der Waals surface area contributed by atoms with E-state index in [9.17, 15) is 28.9 Å². The number of carbonyl (C=O) groups is 3. The van der Waals surface area contributed by atoms with E-state index in [4.69, 9.17) is 31.5 Å². The van der Waals surface area contributed by atoms with Crippen LogP contribution in [-0.2, 0) is 44.0 Å². The maximum atomic E-state index is 13.9. The van der Waals surface area contributed by atoms with Gasteiger partial charge in [0.15, 0.2) is 0 Å². The number of phosphoric ester groups is 1. The Hall–Kier alpha value is -3.70. The maximum absolute atomic E-state index is 13.9. The monoisotopic (exact) mass is 838 g/mol. The number of benzene rings is 2. The highest BCUT2D eigenvalue weighted by Crippen LogP contribution is 2.49. The number of para-hydroxylation sites is 1. The zero-order valence-corrected chi connectivity index (χ0v) is 35.5. The summed E-state index contributed by atoms with van der Waals surface area (Å²) in [6.07, 6.45) is 2.74. The number of unbranched alkanes of at least 4 members (excludes halogenated alkanes) is 3. The summed E-state index contributed by atoms with van der Waals surface area (Å²) < 4.78 is 34.2. The van der Waals surface area contributed by atoms with Gasteiger partial charge in [-0.05, 0) is 63.1 Å². The second-order valence-electron chi connectivity index (χ2n) is 15.9. The summed E-state index contributed by atoms with van der Waals surface area (Å²) in [6, 6.07) is 13.8. The summed E-state index contributed by atoms with van der Waals surface area (Å²) in [5.41, 5.74) is 3.53. The molecule has 0 aromatic heterocycles. The fourth-order valence-electron chi connectivity index (χ4n) is 7.64. The van der Waals surface area contributed by atoms with E-state index in [-0.39, 0.29) is 62.5 Å². The molecule has 18 heteroatoms. The number of aliphatic carboxylic acids is 1. The van der Waals surface area contributed by atoms with E-state index in [1.165, 1.54) is 0 Å². The highest BCUT2D eigenvalue weighted by Gasteiger charge is 2.41. The Balaban J connectivity index is 1.06. The zero-order valence-electron chi connectivity index (χ0n) is 34.6. The molecule has 2 radical (unpaired) electrons. The van der Waals surface area contributed by atoms with Crippen molar-refractivity contribution in [3.05, 3.63) is 65.2 Å². The summed E-state index contributed by atoms with van der Waals surface area (Å²) in [5.74, 6) is -1.28. The molecule has 2 amide bonds. The third-order valence-electron chi connectivity index (χ3n) is 10.5. The molecular weight excluding hydrogens is 778 g/mol. The van der Waals surface area contributed by atoms with E-state index >= 15 is 0 Å². The molecule has 0 spiro atoms. The maximum Gasteiger partial charge on any atom is 0.472 e. The molecule has 5 unspecified atom stereocenters. The molecule has 3 aliphatic rings. The molecule has 3 heterocycles. The number of carbonyl (C=O) groups excluding carboxylic acids is 2. The van der Waals surface area contributed by atoms with Gasteiger partial charge < -0.3 is 35.0 Å². The Kier molecular flexibility index (Phi) is 17.5. The topological polar surface area (TPSA) is 201 Å². The van der Waals surface area contributed by atoms with E-state index in [1.807, 2.05) is 81.2 Å². The molecule has 59 heavy (non-hydrogen) atoms. The summed E-state index contributed by atoms with van der Waals surface area (Å²) in [6.45, 7) is 9.10. The van der Waals surface area contributed by atoms with Crippen LogP contribution in [0.2, 0.25) is 0 Å². The van der Waals surface area contributed by atoms with Crippen molar-refractivity contribution in [1.29, 1.82) is 0 Å². The first-order valence-electron chi connectivity index (χ1n) is 20.8. The molecular formula is C41H60BN6O10P. The second-order valence-corrected chi connectivity index (χ2v) is 17.3. The smallest absolute Gasteiger partial charge is 0.472 e. The first-order valence-corrected chi connectivity index (χ1v) is 22.3. The van der Waals surface area contributed by atoms with Crippen LogP contribution in [0.3, 0.4) is 0 Å². The molecule has 0 bridgehead atoms. The minimum Gasteiger partial charge on any atom is -0.480 e. The molecule has 1 saturated heterocycles. The lowest BCUT2D eigenvalue weighted by Gasteiger charge is -2.35. The number of hydrogen-bond acceptors (Lipinski definition) is 12. The average molecular weight is 839 g/mol. The minimum atomic E-state index is -4.32. The van der Waals surface area contributed by atoms with E-state index in [0.29, 0.717) is 51.7 Å². The van der Waals surface area contributed by atoms with Gasteiger partial charge in [0.1, 0.15) is 32.1 Å². The Morgan fingerprint density at radius 2 is 1.73 bits per heavy atom. The third-order valence-corrected chi connectivity index (χ3v) is 11.5. The van der Waals surface area contributed by atoms with Crippen molar-refractivity contribution in [2.75, 3.05) is 31.2 Å². The van der Waals surface area contributed by atoms with Crippen molar-refractivity contribution >= 4 is 39.1 Å². The molecule has 4 N–H and O–H groups in total. The van der Waals surface area contributed by atoms with Gasteiger partial charge in [0.05, 0.1) is 32.0 Å².